The molecule has 0 radical (unpaired) electrons. The predicted molar refractivity (Wildman–Crippen MR) is 104 cm³/mol. The number of carbonyl (C=O) groups is 1. The summed E-state index contributed by atoms with van der Waals surface area (Å²) < 4.78 is 2.02. The van der Waals surface area contributed by atoms with E-state index in [9.17, 15) is 4.79 Å². The molecule has 4 rings (SSSR count). The number of carbonyl (C=O) groups excluding carboxylic acids is 1. The Morgan fingerprint density at radius 1 is 1.15 bits per heavy atom. The van der Waals surface area contributed by atoms with Crippen LogP contribution in [-0.2, 0) is 7.05 Å². The van der Waals surface area contributed by atoms with Gasteiger partial charge >= 0.3 is 0 Å². The standard InChI is InChI=1S/C21H22N4O/c1-13(2)19(20-22-16-6-4-5-7-17(16)23-20)24-21(26)15-9-8-14-10-11-25(3)18(14)12-15/h4-13,19H,1-3H3,(H,22,23)(H,24,26)/t19-/m1/s1. The summed E-state index contributed by atoms with van der Waals surface area (Å²) in [5.41, 5.74) is 3.59. The Morgan fingerprint density at radius 3 is 2.73 bits per heavy atom. The van der Waals surface area contributed by atoms with Crippen molar-refractivity contribution in [2.45, 2.75) is 19.9 Å². The van der Waals surface area contributed by atoms with Crippen LogP contribution in [0.2, 0.25) is 0 Å². The number of aromatic nitrogens is 3. The first kappa shape index (κ1) is 16.4. The number of amides is 1. The highest BCUT2D eigenvalue weighted by Gasteiger charge is 2.22. The molecular weight excluding hydrogens is 324 g/mol. The Morgan fingerprint density at radius 2 is 1.96 bits per heavy atom. The molecule has 1 atom stereocenters. The minimum Gasteiger partial charge on any atom is -0.351 e. The van der Waals surface area contributed by atoms with Crippen molar-refractivity contribution < 1.29 is 4.79 Å². The smallest absolute Gasteiger partial charge is 0.251 e. The van der Waals surface area contributed by atoms with Gasteiger partial charge in [-0.1, -0.05) is 32.0 Å². The van der Waals surface area contributed by atoms with Crippen molar-refractivity contribution in [2.75, 3.05) is 0 Å². The van der Waals surface area contributed by atoms with Gasteiger partial charge in [0.1, 0.15) is 5.82 Å². The molecule has 0 aliphatic carbocycles. The highest BCUT2D eigenvalue weighted by atomic mass is 16.1. The largest absolute Gasteiger partial charge is 0.351 e. The van der Waals surface area contributed by atoms with E-state index in [1.807, 2.05) is 66.3 Å². The van der Waals surface area contributed by atoms with Crippen LogP contribution in [0.15, 0.2) is 54.7 Å². The van der Waals surface area contributed by atoms with Crippen molar-refractivity contribution in [1.82, 2.24) is 19.9 Å². The lowest BCUT2D eigenvalue weighted by molar-refractivity contribution is 0.0923. The van der Waals surface area contributed by atoms with Gasteiger partial charge in [0.25, 0.3) is 5.91 Å². The summed E-state index contributed by atoms with van der Waals surface area (Å²) in [4.78, 5) is 20.9. The molecule has 2 aromatic heterocycles. The highest BCUT2D eigenvalue weighted by molar-refractivity contribution is 5.98. The van der Waals surface area contributed by atoms with Crippen molar-refractivity contribution in [3.8, 4) is 0 Å². The number of H-pyrrole nitrogens is 1. The summed E-state index contributed by atoms with van der Waals surface area (Å²) in [7, 11) is 1.98. The van der Waals surface area contributed by atoms with Crippen LogP contribution in [0.3, 0.4) is 0 Å². The second-order valence-electron chi connectivity index (χ2n) is 7.03. The number of aromatic amines is 1. The Hall–Kier alpha value is -3.08. The number of nitrogens with zero attached hydrogens (tertiary/aromatic N) is 2. The maximum atomic E-state index is 12.9. The van der Waals surface area contributed by atoms with E-state index in [-0.39, 0.29) is 17.9 Å². The topological polar surface area (TPSA) is 62.7 Å². The fourth-order valence-electron chi connectivity index (χ4n) is 3.30. The van der Waals surface area contributed by atoms with Crippen molar-refractivity contribution in [1.29, 1.82) is 0 Å². The van der Waals surface area contributed by atoms with Gasteiger partial charge in [-0.25, -0.2) is 4.98 Å². The summed E-state index contributed by atoms with van der Waals surface area (Å²) in [5, 5.41) is 4.27. The minimum atomic E-state index is -0.181. The fourth-order valence-corrected chi connectivity index (χ4v) is 3.30. The average Bonchev–Trinajstić information content (AvgIpc) is 3.22. The number of aryl methyl sites for hydroxylation is 1. The van der Waals surface area contributed by atoms with E-state index in [0.29, 0.717) is 5.56 Å². The molecule has 0 unspecified atom stereocenters. The molecular formula is C21H22N4O. The van der Waals surface area contributed by atoms with Gasteiger partial charge < -0.3 is 14.9 Å². The lowest BCUT2D eigenvalue weighted by atomic mass is 10.0. The molecule has 5 nitrogen and oxygen atoms in total. The average molecular weight is 346 g/mol. The minimum absolute atomic E-state index is 0.0905. The first-order valence-corrected chi connectivity index (χ1v) is 8.83. The molecule has 26 heavy (non-hydrogen) atoms. The van der Waals surface area contributed by atoms with Crippen molar-refractivity contribution in [3.05, 3.63) is 66.1 Å². The third-order valence-corrected chi connectivity index (χ3v) is 4.81. The van der Waals surface area contributed by atoms with Gasteiger partial charge in [-0.2, -0.15) is 0 Å². The van der Waals surface area contributed by atoms with Gasteiger partial charge in [-0.15, -0.1) is 0 Å². The lowest BCUT2D eigenvalue weighted by Crippen LogP contribution is -2.32. The third-order valence-electron chi connectivity index (χ3n) is 4.81. The molecule has 0 spiro atoms. The number of hydrogen-bond acceptors (Lipinski definition) is 2. The van der Waals surface area contributed by atoms with E-state index in [1.165, 1.54) is 0 Å². The summed E-state index contributed by atoms with van der Waals surface area (Å²) in [6.45, 7) is 4.16. The molecule has 5 heteroatoms. The molecule has 4 aromatic rings. The number of rotatable bonds is 4. The SMILES string of the molecule is CC(C)[C@@H](NC(=O)c1ccc2ccn(C)c2c1)c1nc2ccccc2[nH]1. The van der Waals surface area contributed by atoms with Gasteiger partial charge in [0.2, 0.25) is 0 Å². The van der Waals surface area contributed by atoms with Crippen LogP contribution in [-0.4, -0.2) is 20.4 Å². The maximum absolute atomic E-state index is 12.9. The number of imidazole rings is 1. The molecule has 0 saturated heterocycles. The van der Waals surface area contributed by atoms with Crippen molar-refractivity contribution in [3.63, 3.8) is 0 Å². The summed E-state index contributed by atoms with van der Waals surface area (Å²) in [6, 6.07) is 15.5. The molecule has 2 heterocycles. The van der Waals surface area contributed by atoms with Crippen molar-refractivity contribution >= 4 is 27.8 Å². The molecule has 0 bridgehead atoms. The Bertz CT molecular complexity index is 1060. The number of para-hydroxylation sites is 2. The van der Waals surface area contributed by atoms with E-state index < -0.39 is 0 Å². The van der Waals surface area contributed by atoms with E-state index in [4.69, 9.17) is 0 Å². The Balaban J connectivity index is 1.64. The number of hydrogen-bond donors (Lipinski definition) is 2. The van der Waals surface area contributed by atoms with E-state index >= 15 is 0 Å². The molecule has 2 aromatic carbocycles. The van der Waals surface area contributed by atoms with Gasteiger partial charge in [0.05, 0.1) is 17.1 Å². The lowest BCUT2D eigenvalue weighted by Gasteiger charge is -2.20. The zero-order chi connectivity index (χ0) is 18.3. The first-order valence-electron chi connectivity index (χ1n) is 8.83. The van der Waals surface area contributed by atoms with Crippen LogP contribution < -0.4 is 5.32 Å². The van der Waals surface area contributed by atoms with E-state index in [2.05, 4.69) is 29.1 Å². The van der Waals surface area contributed by atoms with Crippen LogP contribution in [0.5, 0.6) is 0 Å². The third kappa shape index (κ3) is 2.86. The number of fused-ring (bicyclic) bond motifs is 2. The number of nitrogens with one attached hydrogen (secondary N) is 2. The van der Waals surface area contributed by atoms with E-state index in [1.54, 1.807) is 0 Å². The molecule has 0 fully saturated rings. The second-order valence-corrected chi connectivity index (χ2v) is 7.03. The molecule has 0 aliphatic rings. The maximum Gasteiger partial charge on any atom is 0.251 e. The molecule has 0 saturated carbocycles. The van der Waals surface area contributed by atoms with Crippen LogP contribution in [0.4, 0.5) is 0 Å². The summed E-state index contributed by atoms with van der Waals surface area (Å²) >= 11 is 0. The van der Waals surface area contributed by atoms with Crippen LogP contribution in [0.1, 0.15) is 36.1 Å². The Kier molecular flexibility index (Phi) is 3.99. The first-order chi connectivity index (χ1) is 12.5. The molecule has 0 aliphatic heterocycles. The fraction of sp³-hybridized carbons (Fsp3) is 0.238. The summed E-state index contributed by atoms with van der Waals surface area (Å²) in [6.07, 6.45) is 2.00. The van der Waals surface area contributed by atoms with Crippen LogP contribution >= 0.6 is 0 Å². The monoisotopic (exact) mass is 346 g/mol. The van der Waals surface area contributed by atoms with Gasteiger partial charge in [-0.3, -0.25) is 4.79 Å². The van der Waals surface area contributed by atoms with E-state index in [0.717, 1.165) is 27.8 Å². The highest BCUT2D eigenvalue weighted by Crippen LogP contribution is 2.23. The zero-order valence-electron chi connectivity index (χ0n) is 15.2. The second kappa shape index (κ2) is 6.33. The van der Waals surface area contributed by atoms with Crippen LogP contribution in [0, 0.1) is 5.92 Å². The predicted octanol–water partition coefficient (Wildman–Crippen LogP) is 4.18. The Labute approximate surface area is 152 Å². The molecule has 132 valence electrons. The molecule has 2 N–H and O–H groups in total. The zero-order valence-corrected chi connectivity index (χ0v) is 15.2. The molecule has 1 amide bonds. The quantitative estimate of drug-likeness (QED) is 0.582. The van der Waals surface area contributed by atoms with Gasteiger partial charge in [0, 0.05) is 24.3 Å². The van der Waals surface area contributed by atoms with Gasteiger partial charge in [-0.05, 0) is 41.6 Å². The normalized spacial score (nSPS) is 12.8. The number of benzene rings is 2. The van der Waals surface area contributed by atoms with Crippen molar-refractivity contribution in [2.24, 2.45) is 13.0 Å². The van der Waals surface area contributed by atoms with Crippen LogP contribution in [0.25, 0.3) is 21.9 Å². The summed E-state index contributed by atoms with van der Waals surface area (Å²) in [5.74, 6) is 0.903. The van der Waals surface area contributed by atoms with Gasteiger partial charge in [0.15, 0.2) is 0 Å².